The van der Waals surface area contributed by atoms with Crippen LogP contribution in [0.3, 0.4) is 0 Å². The molecule has 0 amide bonds. The average Bonchev–Trinajstić information content (AvgIpc) is 2.31. The molecule has 18 heavy (non-hydrogen) atoms. The Balaban J connectivity index is 0.000000494. The lowest BCUT2D eigenvalue weighted by molar-refractivity contribution is 0.350. The zero-order valence-electron chi connectivity index (χ0n) is 11.2. The normalized spacial score (nSPS) is 9.17. The molecule has 3 heteroatoms. The van der Waals surface area contributed by atoms with E-state index >= 15 is 0 Å². The molecule has 0 unspecified atom stereocenters. The summed E-state index contributed by atoms with van der Waals surface area (Å²) in [6.07, 6.45) is 0. The predicted molar refractivity (Wildman–Crippen MR) is 85.1 cm³/mol. The summed E-state index contributed by atoms with van der Waals surface area (Å²) in [5.41, 5.74) is 3.15. The first-order valence-electron chi connectivity index (χ1n) is 5.61. The maximum Gasteiger partial charge on any atom is 0.124 e. The monoisotopic (exact) mass is 330 g/mol. The zero-order chi connectivity index (χ0) is 14.1. The van der Waals surface area contributed by atoms with Gasteiger partial charge in [-0.25, -0.2) is 0 Å². The highest BCUT2D eigenvalue weighted by molar-refractivity contribution is 9.09. The van der Waals surface area contributed by atoms with Gasteiger partial charge in [-0.05, 0) is 38.5 Å². The Morgan fingerprint density at radius 2 is 1.83 bits per heavy atom. The van der Waals surface area contributed by atoms with Crippen LogP contribution in [0.1, 0.15) is 19.4 Å². The van der Waals surface area contributed by atoms with Crippen LogP contribution in [0.5, 0.6) is 5.75 Å². The molecule has 0 aliphatic heterocycles. The highest BCUT2D eigenvalue weighted by Crippen LogP contribution is 2.25. The zero-order valence-corrected chi connectivity index (χ0v) is 13.6. The summed E-state index contributed by atoms with van der Waals surface area (Å²) in [6.45, 7) is 13.8. The minimum Gasteiger partial charge on any atom is -0.489 e. The van der Waals surface area contributed by atoms with Crippen LogP contribution in [0.25, 0.3) is 0 Å². The first-order valence-corrected chi connectivity index (χ1v) is 7.11. The Bertz CT molecular complexity index is 413. The molecular formula is C15H20BrClO. The lowest BCUT2D eigenvalue weighted by Gasteiger charge is -2.09. The van der Waals surface area contributed by atoms with Gasteiger partial charge in [-0.2, -0.15) is 0 Å². The van der Waals surface area contributed by atoms with Gasteiger partial charge >= 0.3 is 0 Å². The van der Waals surface area contributed by atoms with Crippen LogP contribution >= 0.6 is 27.5 Å². The second kappa shape index (κ2) is 9.23. The Morgan fingerprint density at radius 3 is 2.28 bits per heavy atom. The lowest BCUT2D eigenvalue weighted by atomic mass is 10.2. The molecule has 0 saturated carbocycles. The van der Waals surface area contributed by atoms with E-state index in [4.69, 9.17) is 16.3 Å². The third-order valence-corrected chi connectivity index (χ3v) is 3.29. The topological polar surface area (TPSA) is 9.23 Å². The maximum atomic E-state index is 5.93. The van der Waals surface area contributed by atoms with Crippen molar-refractivity contribution in [2.45, 2.75) is 20.8 Å². The fourth-order valence-electron chi connectivity index (χ4n) is 0.945. The molecule has 1 rings (SSSR count). The van der Waals surface area contributed by atoms with Crippen molar-refractivity contribution >= 4 is 27.5 Å². The van der Waals surface area contributed by atoms with Gasteiger partial charge in [-0.15, -0.1) is 0 Å². The molecule has 100 valence electrons. The third-order valence-electron chi connectivity index (χ3n) is 1.92. The summed E-state index contributed by atoms with van der Waals surface area (Å²) in [5, 5.41) is 1.66. The number of benzene rings is 1. The van der Waals surface area contributed by atoms with E-state index in [9.17, 15) is 0 Å². The largest absolute Gasteiger partial charge is 0.489 e. The van der Waals surface area contributed by atoms with Gasteiger partial charge in [-0.1, -0.05) is 52.3 Å². The summed E-state index contributed by atoms with van der Waals surface area (Å²) in [6, 6.07) is 5.64. The molecule has 0 aliphatic rings. The van der Waals surface area contributed by atoms with Gasteiger partial charge in [0.25, 0.3) is 0 Å². The van der Waals surface area contributed by atoms with Crippen LogP contribution in [0.4, 0.5) is 0 Å². The van der Waals surface area contributed by atoms with Crippen molar-refractivity contribution in [2.75, 3.05) is 11.9 Å². The number of rotatable bonds is 4. The molecule has 1 aromatic rings. The number of ether oxygens (including phenoxy) is 1. The average molecular weight is 332 g/mol. The summed E-state index contributed by atoms with van der Waals surface area (Å²) in [5.74, 6) is 0.829. The van der Waals surface area contributed by atoms with E-state index in [0.29, 0.717) is 6.61 Å². The maximum absolute atomic E-state index is 5.93. The number of hydrogen-bond acceptors (Lipinski definition) is 1. The molecule has 1 aromatic carbocycles. The van der Waals surface area contributed by atoms with E-state index in [-0.39, 0.29) is 0 Å². The Morgan fingerprint density at radius 1 is 1.28 bits per heavy atom. The Kier molecular flexibility index (Phi) is 8.86. The van der Waals surface area contributed by atoms with E-state index in [1.54, 1.807) is 0 Å². The van der Waals surface area contributed by atoms with Crippen LogP contribution in [0.15, 0.2) is 42.5 Å². The van der Waals surface area contributed by atoms with Gasteiger partial charge in [0.1, 0.15) is 12.4 Å². The van der Waals surface area contributed by atoms with Crippen LogP contribution in [0, 0.1) is 6.92 Å². The lowest BCUT2D eigenvalue weighted by Crippen LogP contribution is -1.99. The molecule has 0 heterocycles. The van der Waals surface area contributed by atoms with Crippen LogP contribution < -0.4 is 4.74 Å². The van der Waals surface area contributed by atoms with E-state index in [0.717, 1.165) is 27.2 Å². The van der Waals surface area contributed by atoms with Gasteiger partial charge < -0.3 is 4.74 Å². The van der Waals surface area contributed by atoms with Gasteiger partial charge in [0.2, 0.25) is 0 Å². The molecule has 0 aromatic heterocycles. The molecule has 1 nitrogen and oxygen atoms in total. The molecule has 0 saturated heterocycles. The molecule has 0 spiro atoms. The van der Waals surface area contributed by atoms with Crippen molar-refractivity contribution in [2.24, 2.45) is 0 Å². The SMILES string of the molecule is C=C(C)CBr.C=C(C)COc1cccc(Cl)c1C. The number of allylic oxidation sites excluding steroid dienone is 1. The van der Waals surface area contributed by atoms with Gasteiger partial charge in [0.15, 0.2) is 0 Å². The quantitative estimate of drug-likeness (QED) is 0.518. The summed E-state index contributed by atoms with van der Waals surface area (Å²) in [4.78, 5) is 0. The van der Waals surface area contributed by atoms with Crippen molar-refractivity contribution < 1.29 is 4.74 Å². The van der Waals surface area contributed by atoms with Gasteiger partial charge in [-0.3, -0.25) is 0 Å². The number of hydrogen-bond donors (Lipinski definition) is 0. The minimum absolute atomic E-state index is 0.543. The Hall–Kier alpha value is -0.730. The van der Waals surface area contributed by atoms with E-state index in [2.05, 4.69) is 29.1 Å². The number of halogens is 2. The highest BCUT2D eigenvalue weighted by atomic mass is 79.9. The summed E-state index contributed by atoms with van der Waals surface area (Å²) < 4.78 is 5.50. The molecular weight excluding hydrogens is 312 g/mol. The predicted octanol–water partition coefficient (Wildman–Crippen LogP) is 5.56. The second-order valence-corrected chi connectivity index (χ2v) is 5.17. The van der Waals surface area contributed by atoms with E-state index < -0.39 is 0 Å². The van der Waals surface area contributed by atoms with Gasteiger partial charge in [0, 0.05) is 15.9 Å². The fourth-order valence-corrected chi connectivity index (χ4v) is 1.11. The van der Waals surface area contributed by atoms with Crippen molar-refractivity contribution in [1.29, 1.82) is 0 Å². The molecule has 0 atom stereocenters. The molecule has 0 bridgehead atoms. The fraction of sp³-hybridized carbons (Fsp3) is 0.333. The van der Waals surface area contributed by atoms with Crippen molar-refractivity contribution in [3.8, 4) is 5.75 Å². The van der Waals surface area contributed by atoms with Crippen LogP contribution in [-0.2, 0) is 0 Å². The first-order chi connectivity index (χ1) is 8.38. The standard InChI is InChI=1S/C11H13ClO.C4H7Br/c1-8(2)7-13-11-6-4-5-10(12)9(11)3;1-4(2)3-5/h4-6H,1,7H2,2-3H3;1,3H2,2H3. The van der Waals surface area contributed by atoms with Crippen molar-refractivity contribution in [1.82, 2.24) is 0 Å². The highest BCUT2D eigenvalue weighted by Gasteiger charge is 2.01. The number of alkyl halides is 1. The molecule has 0 N–H and O–H groups in total. The minimum atomic E-state index is 0.543. The Labute approximate surface area is 124 Å². The van der Waals surface area contributed by atoms with E-state index in [1.165, 1.54) is 5.57 Å². The second-order valence-electron chi connectivity index (χ2n) is 4.20. The third kappa shape index (κ3) is 7.57. The smallest absolute Gasteiger partial charge is 0.124 e. The van der Waals surface area contributed by atoms with Gasteiger partial charge in [0.05, 0.1) is 0 Å². The van der Waals surface area contributed by atoms with Crippen LogP contribution in [0.2, 0.25) is 5.02 Å². The summed E-state index contributed by atoms with van der Waals surface area (Å²) in [7, 11) is 0. The molecule has 0 radical (unpaired) electrons. The summed E-state index contributed by atoms with van der Waals surface area (Å²) >= 11 is 9.14. The van der Waals surface area contributed by atoms with Crippen molar-refractivity contribution in [3.05, 3.63) is 53.1 Å². The molecule has 0 aliphatic carbocycles. The van der Waals surface area contributed by atoms with Crippen molar-refractivity contribution in [3.63, 3.8) is 0 Å². The van der Waals surface area contributed by atoms with Crippen LogP contribution in [-0.4, -0.2) is 11.9 Å². The first kappa shape index (κ1) is 17.3. The molecule has 0 fully saturated rings. The van der Waals surface area contributed by atoms with E-state index in [1.807, 2.05) is 39.0 Å².